The Balaban J connectivity index is 1.39. The topological polar surface area (TPSA) is 209 Å². The molecule has 4 aromatic rings. The molecule has 0 spiro atoms. The SMILES string of the molecule is CCc1c2cc[nH]c2cn1-c1c2c(cc3c(=O)cc(C)oc13)C[C@@H](OOC[C@H](O)[C@@H](O)[C@H](O)[C@H](O)CO)[C@@](C)(CC[C@@H]1CNC(=O)C1)O2. The highest BCUT2D eigenvalue weighted by molar-refractivity contribution is 5.92. The van der Waals surface area contributed by atoms with E-state index in [0.29, 0.717) is 66.0 Å². The van der Waals surface area contributed by atoms with Crippen LogP contribution in [0.1, 0.15) is 50.1 Å². The van der Waals surface area contributed by atoms with Gasteiger partial charge >= 0.3 is 0 Å². The van der Waals surface area contributed by atoms with Crippen LogP contribution in [0.4, 0.5) is 0 Å². The second-order valence-corrected chi connectivity index (χ2v) is 13.1. The molecule has 260 valence electrons. The zero-order valence-electron chi connectivity index (χ0n) is 27.1. The lowest BCUT2D eigenvalue weighted by atomic mass is 9.83. The maximum absolute atomic E-state index is 13.4. The summed E-state index contributed by atoms with van der Waals surface area (Å²) < 4.78 is 15.2. The standard InChI is InChI=1S/C34H43N3O11/c1-4-23-20-6-8-35-22(20)14-37(23)29-32-19(11-21-24(39)9-17(2)46-33(21)29)12-27(34(3,47-32)7-5-18-10-28(42)36-13-18)48-45-16-26(41)31(44)30(43)25(40)15-38/h6,8-9,11,14,18,25-27,30-31,35,38,40-41,43-44H,4-5,7,10,12-13,15-16H2,1-3H3,(H,36,42)/t18-,25+,26-,27+,30+,31+,34+/m0/s1. The van der Waals surface area contributed by atoms with Crippen LogP contribution in [0.15, 0.2) is 39.8 Å². The van der Waals surface area contributed by atoms with Gasteiger partial charge in [0.1, 0.15) is 54.2 Å². The molecule has 7 atom stereocenters. The molecule has 5 heterocycles. The van der Waals surface area contributed by atoms with E-state index in [1.54, 1.807) is 13.0 Å². The molecule has 0 unspecified atom stereocenters. The number of amides is 1. The third-order valence-electron chi connectivity index (χ3n) is 9.64. The molecule has 2 aliphatic heterocycles. The van der Waals surface area contributed by atoms with Crippen molar-refractivity contribution in [2.45, 2.75) is 89.0 Å². The molecule has 1 fully saturated rings. The van der Waals surface area contributed by atoms with Crippen LogP contribution in [0.25, 0.3) is 27.6 Å². The third-order valence-corrected chi connectivity index (χ3v) is 9.64. The van der Waals surface area contributed by atoms with Gasteiger partial charge in [0.25, 0.3) is 0 Å². The largest absolute Gasteiger partial charge is 0.482 e. The molecular formula is C34H43N3O11. The van der Waals surface area contributed by atoms with Gasteiger partial charge in [-0.2, -0.15) is 0 Å². The zero-order valence-corrected chi connectivity index (χ0v) is 27.1. The van der Waals surface area contributed by atoms with Crippen LogP contribution in [0.5, 0.6) is 5.75 Å². The second-order valence-electron chi connectivity index (χ2n) is 13.1. The fraction of sp³-hybridized carbons (Fsp3) is 0.529. The number of hydrogen-bond acceptors (Lipinski definition) is 11. The Bertz CT molecular complexity index is 1850. The van der Waals surface area contributed by atoms with Gasteiger partial charge in [0.15, 0.2) is 16.8 Å². The van der Waals surface area contributed by atoms with Gasteiger partial charge in [-0.1, -0.05) is 6.92 Å². The molecule has 0 bridgehead atoms. The number of nitrogens with zero attached hydrogens (tertiary/aromatic N) is 1. The van der Waals surface area contributed by atoms with E-state index in [1.807, 2.05) is 30.0 Å². The molecule has 14 heteroatoms. The van der Waals surface area contributed by atoms with Crippen LogP contribution in [0.3, 0.4) is 0 Å². The Morgan fingerprint density at radius 3 is 2.58 bits per heavy atom. The smallest absolute Gasteiger partial charge is 0.220 e. The maximum Gasteiger partial charge on any atom is 0.220 e. The average Bonchev–Trinajstić information content (AvgIpc) is 3.78. The van der Waals surface area contributed by atoms with Crippen LogP contribution >= 0.6 is 0 Å². The van der Waals surface area contributed by atoms with E-state index in [4.69, 9.17) is 24.0 Å². The molecule has 0 aliphatic carbocycles. The van der Waals surface area contributed by atoms with E-state index >= 15 is 0 Å². The number of carbonyl (C=O) groups excluding carboxylic acids is 1. The van der Waals surface area contributed by atoms with E-state index in [1.165, 1.54) is 6.07 Å². The fourth-order valence-electron chi connectivity index (χ4n) is 6.82. The summed E-state index contributed by atoms with van der Waals surface area (Å²) in [5, 5.41) is 53.7. The van der Waals surface area contributed by atoms with Gasteiger partial charge < -0.3 is 49.6 Å². The summed E-state index contributed by atoms with van der Waals surface area (Å²) in [6.07, 6.45) is -1.51. The minimum atomic E-state index is -1.82. The van der Waals surface area contributed by atoms with E-state index in [-0.39, 0.29) is 23.7 Å². The van der Waals surface area contributed by atoms with Crippen molar-refractivity contribution in [3.63, 3.8) is 0 Å². The van der Waals surface area contributed by atoms with Crippen molar-refractivity contribution in [3.8, 4) is 11.4 Å². The van der Waals surface area contributed by atoms with Gasteiger partial charge in [-0.3, -0.25) is 9.59 Å². The van der Waals surface area contributed by atoms with Crippen molar-refractivity contribution >= 4 is 27.8 Å². The summed E-state index contributed by atoms with van der Waals surface area (Å²) in [6.45, 7) is 4.82. The van der Waals surface area contributed by atoms with Crippen molar-refractivity contribution in [1.82, 2.24) is 14.9 Å². The molecule has 0 saturated carbocycles. The highest BCUT2D eigenvalue weighted by atomic mass is 17.2. The van der Waals surface area contributed by atoms with Gasteiger partial charge in [0, 0.05) is 54.5 Å². The summed E-state index contributed by atoms with van der Waals surface area (Å²) in [7, 11) is 0. The van der Waals surface area contributed by atoms with Gasteiger partial charge in [-0.25, -0.2) is 9.78 Å². The molecule has 48 heavy (non-hydrogen) atoms. The first-order valence-electron chi connectivity index (χ1n) is 16.3. The monoisotopic (exact) mass is 669 g/mol. The number of H-pyrrole nitrogens is 1. The number of rotatable bonds is 13. The number of fused-ring (bicyclic) bond motifs is 3. The van der Waals surface area contributed by atoms with E-state index in [0.717, 1.165) is 16.6 Å². The predicted octanol–water partition coefficient (Wildman–Crippen LogP) is 1.30. The highest BCUT2D eigenvalue weighted by Gasteiger charge is 2.45. The second kappa shape index (κ2) is 13.6. The maximum atomic E-state index is 13.4. The van der Waals surface area contributed by atoms with Crippen molar-refractivity contribution in [2.24, 2.45) is 5.92 Å². The molecule has 6 rings (SSSR count). The molecule has 0 radical (unpaired) electrons. The first kappa shape index (κ1) is 34.1. The first-order valence-corrected chi connectivity index (χ1v) is 16.3. The lowest BCUT2D eigenvalue weighted by Gasteiger charge is -2.42. The van der Waals surface area contributed by atoms with Crippen LogP contribution in [-0.2, 0) is 27.4 Å². The summed E-state index contributed by atoms with van der Waals surface area (Å²) >= 11 is 0. The van der Waals surface area contributed by atoms with E-state index in [9.17, 15) is 30.0 Å². The quantitative estimate of drug-likeness (QED) is 0.0797. The Labute approximate surface area is 275 Å². The minimum absolute atomic E-state index is 0.00758. The fourth-order valence-corrected chi connectivity index (χ4v) is 6.82. The normalized spacial score (nSPS) is 23.5. The van der Waals surface area contributed by atoms with E-state index < -0.39 is 49.3 Å². The number of aliphatic hydroxyl groups is 5. The van der Waals surface area contributed by atoms with Crippen molar-refractivity contribution < 1.29 is 49.3 Å². The number of ether oxygens (including phenoxy) is 1. The van der Waals surface area contributed by atoms with Gasteiger partial charge in [0.05, 0.1) is 17.5 Å². The van der Waals surface area contributed by atoms with Crippen molar-refractivity contribution in [2.75, 3.05) is 19.8 Å². The molecule has 14 nitrogen and oxygen atoms in total. The van der Waals surface area contributed by atoms with Gasteiger partial charge in [-0.05, 0) is 51.2 Å². The molecule has 1 aromatic carbocycles. The summed E-state index contributed by atoms with van der Waals surface area (Å²) in [5.41, 5.74) is 2.29. The van der Waals surface area contributed by atoms with Crippen LogP contribution in [0.2, 0.25) is 0 Å². The lowest BCUT2D eigenvalue weighted by Crippen LogP contribution is -2.51. The molecule has 2 aliphatic rings. The van der Waals surface area contributed by atoms with Gasteiger partial charge in [0.2, 0.25) is 5.91 Å². The van der Waals surface area contributed by atoms with Crippen LogP contribution in [-0.4, -0.2) is 96.9 Å². The number of nitrogens with one attached hydrogen (secondary N) is 2. The first-order chi connectivity index (χ1) is 22.9. The van der Waals surface area contributed by atoms with Crippen molar-refractivity contribution in [3.05, 3.63) is 57.8 Å². The van der Waals surface area contributed by atoms with Crippen LogP contribution in [0, 0.1) is 12.8 Å². The molecule has 3 aromatic heterocycles. The molecule has 7 N–H and O–H groups in total. The molecular weight excluding hydrogens is 626 g/mol. The minimum Gasteiger partial charge on any atom is -0.482 e. The Morgan fingerprint density at radius 1 is 1.10 bits per heavy atom. The number of aliphatic hydroxyl groups excluding tert-OH is 5. The number of aromatic nitrogens is 2. The van der Waals surface area contributed by atoms with Crippen molar-refractivity contribution in [1.29, 1.82) is 0 Å². The van der Waals surface area contributed by atoms with E-state index in [2.05, 4.69) is 17.2 Å². The zero-order chi connectivity index (χ0) is 34.3. The summed E-state index contributed by atoms with van der Waals surface area (Å²) in [4.78, 5) is 39.9. The number of carbonyl (C=O) groups is 1. The number of hydrogen-bond donors (Lipinski definition) is 7. The van der Waals surface area contributed by atoms with Gasteiger partial charge in [-0.15, -0.1) is 0 Å². The number of benzene rings is 1. The average molecular weight is 670 g/mol. The Kier molecular flexibility index (Phi) is 9.69. The Hall–Kier alpha value is -3.76. The Morgan fingerprint density at radius 2 is 1.88 bits per heavy atom. The summed E-state index contributed by atoms with van der Waals surface area (Å²) in [5.74, 6) is 1.05. The lowest BCUT2D eigenvalue weighted by molar-refractivity contribution is -0.360. The van der Waals surface area contributed by atoms with Crippen LogP contribution < -0.4 is 15.5 Å². The highest BCUT2D eigenvalue weighted by Crippen LogP contribution is 2.46. The number of aryl methyl sites for hydroxylation is 2. The molecule has 1 amide bonds. The predicted molar refractivity (Wildman–Crippen MR) is 173 cm³/mol. The summed E-state index contributed by atoms with van der Waals surface area (Å²) in [6, 6.07) is 5.18. The number of aromatic amines is 1. The third kappa shape index (κ3) is 6.36. The molecule has 1 saturated heterocycles.